The standard InChI is InChI=1S/C32H32N2O4/c1-21-10-12-23(13-11-21)29-28-30(35)25-8-4-5-9-27(25)38-31(28)32(36)34(29)20-26(33-18-6-3-7-19-33)22-14-16-24(37-2)17-15-22/h4-5,8-17,26,29H,3,6-7,18-20H2,1-2H3/t26-,29+/m0/s1. The number of methoxy groups -OCH3 is 1. The van der Waals surface area contributed by atoms with Crippen LogP contribution in [0.5, 0.6) is 5.75 Å². The molecule has 38 heavy (non-hydrogen) atoms. The molecule has 1 amide bonds. The van der Waals surface area contributed by atoms with E-state index in [0.29, 0.717) is 23.1 Å². The first kappa shape index (κ1) is 24.4. The molecule has 0 radical (unpaired) electrons. The third-order valence-electron chi connectivity index (χ3n) is 7.97. The van der Waals surface area contributed by atoms with Crippen molar-refractivity contribution < 1.29 is 13.9 Å². The van der Waals surface area contributed by atoms with Gasteiger partial charge in [-0.15, -0.1) is 0 Å². The van der Waals surface area contributed by atoms with Crippen molar-refractivity contribution in [1.29, 1.82) is 0 Å². The van der Waals surface area contributed by atoms with Crippen molar-refractivity contribution in [3.05, 3.63) is 111 Å². The Balaban J connectivity index is 1.48. The summed E-state index contributed by atoms with van der Waals surface area (Å²) in [5, 5.41) is 0.501. The molecule has 0 spiro atoms. The molecule has 0 N–H and O–H groups in total. The number of hydrogen-bond donors (Lipinski definition) is 0. The molecule has 2 aliphatic rings. The SMILES string of the molecule is COc1ccc([C@H](CN2C(=O)c3oc4ccccc4c(=O)c3[C@H]2c2ccc(C)cc2)N2CCCCC2)cc1. The maximum Gasteiger partial charge on any atom is 0.290 e. The fraction of sp³-hybridized carbons (Fsp3) is 0.312. The van der Waals surface area contributed by atoms with Crippen molar-refractivity contribution in [3.8, 4) is 5.75 Å². The van der Waals surface area contributed by atoms with Gasteiger partial charge in [-0.1, -0.05) is 60.5 Å². The Kier molecular flexibility index (Phi) is 6.50. The number of likely N-dealkylation sites (tertiary alicyclic amines) is 1. The summed E-state index contributed by atoms with van der Waals surface area (Å²) < 4.78 is 11.5. The number of piperidine rings is 1. The quantitative estimate of drug-likeness (QED) is 0.325. The fourth-order valence-electron chi connectivity index (χ4n) is 5.92. The zero-order valence-electron chi connectivity index (χ0n) is 21.9. The number of carbonyl (C=O) groups is 1. The Hall–Kier alpha value is -3.90. The van der Waals surface area contributed by atoms with Crippen LogP contribution in [0, 0.1) is 6.92 Å². The molecule has 2 atom stereocenters. The minimum Gasteiger partial charge on any atom is -0.497 e. The molecule has 0 saturated carbocycles. The average Bonchev–Trinajstić information content (AvgIpc) is 3.24. The van der Waals surface area contributed by atoms with Crippen LogP contribution in [-0.2, 0) is 0 Å². The Morgan fingerprint density at radius 3 is 2.34 bits per heavy atom. The first-order chi connectivity index (χ1) is 18.5. The van der Waals surface area contributed by atoms with Gasteiger partial charge in [-0.25, -0.2) is 0 Å². The number of benzene rings is 3. The number of amides is 1. The van der Waals surface area contributed by atoms with E-state index in [1.165, 1.54) is 6.42 Å². The average molecular weight is 509 g/mol. The van der Waals surface area contributed by atoms with E-state index in [4.69, 9.17) is 9.15 Å². The Morgan fingerprint density at radius 1 is 0.921 bits per heavy atom. The van der Waals surface area contributed by atoms with Gasteiger partial charge in [0.1, 0.15) is 11.3 Å². The van der Waals surface area contributed by atoms with Gasteiger partial charge >= 0.3 is 0 Å². The monoisotopic (exact) mass is 508 g/mol. The molecule has 0 unspecified atom stereocenters. The van der Waals surface area contributed by atoms with Crippen LogP contribution in [0.3, 0.4) is 0 Å². The number of carbonyl (C=O) groups excluding carboxylic acids is 1. The lowest BCUT2D eigenvalue weighted by Crippen LogP contribution is -2.42. The highest BCUT2D eigenvalue weighted by Crippen LogP contribution is 2.40. The summed E-state index contributed by atoms with van der Waals surface area (Å²) in [4.78, 5) is 32.2. The van der Waals surface area contributed by atoms with Crippen LogP contribution in [0.4, 0.5) is 0 Å². The largest absolute Gasteiger partial charge is 0.497 e. The van der Waals surface area contributed by atoms with Crippen LogP contribution in [0.25, 0.3) is 11.0 Å². The van der Waals surface area contributed by atoms with Gasteiger partial charge in [0.2, 0.25) is 5.76 Å². The van der Waals surface area contributed by atoms with E-state index in [2.05, 4.69) is 17.0 Å². The van der Waals surface area contributed by atoms with Crippen molar-refractivity contribution in [1.82, 2.24) is 9.80 Å². The first-order valence-electron chi connectivity index (χ1n) is 13.4. The molecule has 3 aromatic carbocycles. The number of para-hydroxylation sites is 1. The predicted molar refractivity (Wildman–Crippen MR) is 148 cm³/mol. The highest BCUT2D eigenvalue weighted by Gasteiger charge is 2.44. The smallest absolute Gasteiger partial charge is 0.290 e. The number of ether oxygens (including phenoxy) is 1. The lowest BCUT2D eigenvalue weighted by Gasteiger charge is -2.38. The number of rotatable bonds is 6. The maximum atomic E-state index is 14.0. The van der Waals surface area contributed by atoms with E-state index in [1.807, 2.05) is 60.4 Å². The Bertz CT molecular complexity index is 1520. The molecule has 194 valence electrons. The van der Waals surface area contributed by atoms with Crippen LogP contribution < -0.4 is 10.2 Å². The summed E-state index contributed by atoms with van der Waals surface area (Å²) in [6.07, 6.45) is 3.48. The van der Waals surface area contributed by atoms with E-state index in [0.717, 1.165) is 48.4 Å². The highest BCUT2D eigenvalue weighted by atomic mass is 16.5. The Labute approximate surface area is 222 Å². The molecule has 6 rings (SSSR count). The minimum absolute atomic E-state index is 0.0167. The van der Waals surface area contributed by atoms with E-state index in [9.17, 15) is 9.59 Å². The Morgan fingerprint density at radius 2 is 1.63 bits per heavy atom. The van der Waals surface area contributed by atoms with Gasteiger partial charge in [0.25, 0.3) is 5.91 Å². The summed E-state index contributed by atoms with van der Waals surface area (Å²) >= 11 is 0. The molecule has 4 aromatic rings. The van der Waals surface area contributed by atoms with Gasteiger partial charge in [-0.05, 0) is 68.2 Å². The molecule has 1 saturated heterocycles. The van der Waals surface area contributed by atoms with Gasteiger partial charge in [0, 0.05) is 6.54 Å². The van der Waals surface area contributed by atoms with Crippen LogP contribution in [0.2, 0.25) is 0 Å². The van der Waals surface area contributed by atoms with Crippen LogP contribution >= 0.6 is 0 Å². The number of aryl methyl sites for hydroxylation is 1. The molecule has 6 nitrogen and oxygen atoms in total. The summed E-state index contributed by atoms with van der Waals surface area (Å²) in [6, 6.07) is 22.9. The number of fused-ring (bicyclic) bond motifs is 2. The predicted octanol–water partition coefficient (Wildman–Crippen LogP) is 5.88. The minimum atomic E-state index is -0.510. The molecular formula is C32H32N2O4. The van der Waals surface area contributed by atoms with Crippen molar-refractivity contribution in [2.45, 2.75) is 38.3 Å². The van der Waals surface area contributed by atoms with E-state index < -0.39 is 6.04 Å². The molecule has 3 heterocycles. The van der Waals surface area contributed by atoms with E-state index in [-0.39, 0.29) is 23.1 Å². The second-order valence-electron chi connectivity index (χ2n) is 10.3. The maximum absolute atomic E-state index is 14.0. The third kappa shape index (κ3) is 4.29. The van der Waals surface area contributed by atoms with Gasteiger partial charge in [0.05, 0.1) is 30.1 Å². The van der Waals surface area contributed by atoms with Gasteiger partial charge in [-0.2, -0.15) is 0 Å². The lowest BCUT2D eigenvalue weighted by atomic mass is 9.96. The normalized spacial score (nSPS) is 18.5. The van der Waals surface area contributed by atoms with Crippen molar-refractivity contribution in [2.75, 3.05) is 26.7 Å². The summed E-state index contributed by atoms with van der Waals surface area (Å²) in [5.41, 5.74) is 3.91. The molecule has 0 aliphatic carbocycles. The van der Waals surface area contributed by atoms with Crippen LogP contribution in [0.1, 0.15) is 64.2 Å². The number of hydrogen-bond acceptors (Lipinski definition) is 5. The zero-order chi connectivity index (χ0) is 26.2. The van der Waals surface area contributed by atoms with Crippen molar-refractivity contribution in [3.63, 3.8) is 0 Å². The fourth-order valence-corrected chi connectivity index (χ4v) is 5.92. The molecule has 1 aromatic heterocycles. The number of nitrogens with zero attached hydrogens (tertiary/aromatic N) is 2. The zero-order valence-corrected chi connectivity index (χ0v) is 21.9. The molecule has 2 aliphatic heterocycles. The van der Waals surface area contributed by atoms with Crippen molar-refractivity contribution in [2.24, 2.45) is 0 Å². The molecular weight excluding hydrogens is 476 g/mol. The van der Waals surface area contributed by atoms with Gasteiger partial charge < -0.3 is 14.1 Å². The summed E-state index contributed by atoms with van der Waals surface area (Å²) in [6.45, 7) is 4.43. The molecule has 6 heteroatoms. The lowest BCUT2D eigenvalue weighted by molar-refractivity contribution is 0.0618. The topological polar surface area (TPSA) is 63.0 Å². The summed E-state index contributed by atoms with van der Waals surface area (Å²) in [5.74, 6) is 0.727. The second kappa shape index (κ2) is 10.1. The van der Waals surface area contributed by atoms with Gasteiger partial charge in [-0.3, -0.25) is 14.5 Å². The van der Waals surface area contributed by atoms with Crippen LogP contribution in [-0.4, -0.2) is 42.5 Å². The van der Waals surface area contributed by atoms with Crippen LogP contribution in [0.15, 0.2) is 82.0 Å². The molecule has 0 bridgehead atoms. The highest BCUT2D eigenvalue weighted by molar-refractivity contribution is 5.99. The third-order valence-corrected chi connectivity index (χ3v) is 7.97. The first-order valence-corrected chi connectivity index (χ1v) is 13.4. The second-order valence-corrected chi connectivity index (χ2v) is 10.3. The van der Waals surface area contributed by atoms with Crippen molar-refractivity contribution >= 4 is 16.9 Å². The van der Waals surface area contributed by atoms with E-state index in [1.54, 1.807) is 19.2 Å². The van der Waals surface area contributed by atoms with Gasteiger partial charge in [0.15, 0.2) is 5.43 Å². The molecule has 1 fully saturated rings. The van der Waals surface area contributed by atoms with E-state index >= 15 is 0 Å². The summed E-state index contributed by atoms with van der Waals surface area (Å²) in [7, 11) is 1.66.